The number of hydrogen-bond donors (Lipinski definition) is 4. The molecule has 0 spiro atoms. The summed E-state index contributed by atoms with van der Waals surface area (Å²) < 4.78 is 0. The molecule has 0 bridgehead atoms. The van der Waals surface area contributed by atoms with E-state index in [9.17, 15) is 19.8 Å². The van der Waals surface area contributed by atoms with Crippen molar-refractivity contribution in [3.8, 4) is 11.5 Å². The number of nitrogens with one attached hydrogen (secondary N) is 2. The summed E-state index contributed by atoms with van der Waals surface area (Å²) in [5.74, 6) is 0.0311. The second-order valence-electron chi connectivity index (χ2n) is 6.68. The number of phenols is 2. The van der Waals surface area contributed by atoms with Gasteiger partial charge in [0.1, 0.15) is 11.5 Å². The number of hydrogen-bond acceptors (Lipinski definition) is 6. The van der Waals surface area contributed by atoms with Gasteiger partial charge >= 0.3 is 0 Å². The highest BCUT2D eigenvalue weighted by Crippen LogP contribution is 2.09. The molecule has 0 aliphatic carbocycles. The minimum absolute atomic E-state index is 0.161. The number of hydrazone groups is 2. The second-order valence-corrected chi connectivity index (χ2v) is 6.68. The lowest BCUT2D eigenvalue weighted by atomic mass is 10.1. The van der Waals surface area contributed by atoms with Crippen LogP contribution in [-0.4, -0.2) is 34.5 Å². The van der Waals surface area contributed by atoms with E-state index >= 15 is 0 Å². The van der Waals surface area contributed by atoms with Crippen LogP contribution in [0, 0.1) is 0 Å². The molecule has 0 fully saturated rings. The number of amides is 2. The number of carbonyl (C=O) groups excluding carboxylic acids is 2. The molecule has 4 N–H and O–H groups in total. The number of carbonyl (C=O) groups is 2. The smallest absolute Gasteiger partial charge is 0.240 e. The average Bonchev–Trinajstić information content (AvgIpc) is 2.73. The van der Waals surface area contributed by atoms with Crippen LogP contribution in [0.15, 0.2) is 58.7 Å². The molecule has 2 aromatic rings. The number of benzene rings is 2. The number of rotatable bonds is 11. The van der Waals surface area contributed by atoms with Crippen molar-refractivity contribution in [2.75, 3.05) is 0 Å². The Morgan fingerprint density at radius 2 is 1.03 bits per heavy atom. The van der Waals surface area contributed by atoms with Crippen LogP contribution in [0.25, 0.3) is 0 Å². The van der Waals surface area contributed by atoms with Gasteiger partial charge in [0, 0.05) is 12.8 Å². The van der Waals surface area contributed by atoms with Gasteiger partial charge in [0.05, 0.1) is 12.4 Å². The monoisotopic (exact) mass is 410 g/mol. The molecule has 158 valence electrons. The average molecular weight is 410 g/mol. The van der Waals surface area contributed by atoms with Gasteiger partial charge < -0.3 is 10.2 Å². The van der Waals surface area contributed by atoms with Crippen molar-refractivity contribution < 1.29 is 19.8 Å². The zero-order valence-corrected chi connectivity index (χ0v) is 16.6. The molecule has 0 saturated carbocycles. The Bertz CT molecular complexity index is 788. The first-order valence-electron chi connectivity index (χ1n) is 9.75. The SMILES string of the molecule is O=C(CCCCCCC(=O)NN=Cc1ccc(O)cc1)NN=Cc1ccc(O)cc1. The molecule has 2 amide bonds. The summed E-state index contributed by atoms with van der Waals surface area (Å²) in [6.45, 7) is 0. The second kappa shape index (κ2) is 12.7. The van der Waals surface area contributed by atoms with Crippen LogP contribution in [0.1, 0.15) is 49.7 Å². The molecule has 0 saturated heterocycles. The molecular weight excluding hydrogens is 384 g/mol. The quantitative estimate of drug-likeness (QED) is 0.258. The maximum absolute atomic E-state index is 11.7. The van der Waals surface area contributed by atoms with Crippen LogP contribution < -0.4 is 10.9 Å². The van der Waals surface area contributed by atoms with E-state index in [0.717, 1.165) is 36.8 Å². The Morgan fingerprint density at radius 1 is 0.667 bits per heavy atom. The maximum atomic E-state index is 11.7. The fourth-order valence-corrected chi connectivity index (χ4v) is 2.51. The molecular formula is C22H26N4O4. The molecule has 2 rings (SSSR count). The molecule has 8 heteroatoms. The van der Waals surface area contributed by atoms with Gasteiger partial charge in [-0.3, -0.25) is 9.59 Å². The molecule has 0 unspecified atom stereocenters. The summed E-state index contributed by atoms with van der Waals surface area (Å²) in [6.07, 6.45) is 6.91. The molecule has 8 nitrogen and oxygen atoms in total. The summed E-state index contributed by atoms with van der Waals surface area (Å²) in [5, 5.41) is 26.2. The summed E-state index contributed by atoms with van der Waals surface area (Å²) >= 11 is 0. The Hall–Kier alpha value is -3.68. The third kappa shape index (κ3) is 9.50. The van der Waals surface area contributed by atoms with E-state index in [2.05, 4.69) is 21.1 Å². The Labute approximate surface area is 175 Å². The van der Waals surface area contributed by atoms with Crippen molar-refractivity contribution in [2.45, 2.75) is 38.5 Å². The minimum atomic E-state index is -0.161. The van der Waals surface area contributed by atoms with Crippen molar-refractivity contribution in [3.05, 3.63) is 59.7 Å². The molecule has 0 atom stereocenters. The van der Waals surface area contributed by atoms with Crippen LogP contribution in [0.2, 0.25) is 0 Å². The number of nitrogens with zero attached hydrogens (tertiary/aromatic N) is 2. The predicted molar refractivity (Wildman–Crippen MR) is 115 cm³/mol. The number of aromatic hydroxyl groups is 2. The van der Waals surface area contributed by atoms with Crippen molar-refractivity contribution in [3.63, 3.8) is 0 Å². The fraction of sp³-hybridized carbons (Fsp3) is 0.273. The lowest BCUT2D eigenvalue weighted by Crippen LogP contribution is -2.17. The van der Waals surface area contributed by atoms with Gasteiger partial charge in [-0.1, -0.05) is 12.8 Å². The van der Waals surface area contributed by atoms with Crippen LogP contribution in [0.5, 0.6) is 11.5 Å². The standard InChI is InChI=1S/C22H26N4O4/c27-19-11-7-17(8-12-19)15-23-25-21(29)5-3-1-2-4-6-22(30)26-24-16-18-9-13-20(28)14-10-18/h7-16,27-28H,1-6H2,(H,25,29)(H,26,30). The van der Waals surface area contributed by atoms with Gasteiger partial charge in [-0.25, -0.2) is 10.9 Å². The van der Waals surface area contributed by atoms with E-state index in [0.29, 0.717) is 12.8 Å². The van der Waals surface area contributed by atoms with Gasteiger partial charge in [0.25, 0.3) is 0 Å². The highest BCUT2D eigenvalue weighted by atomic mass is 16.3. The molecule has 30 heavy (non-hydrogen) atoms. The molecule has 0 heterocycles. The van der Waals surface area contributed by atoms with Crippen LogP contribution in [0.3, 0.4) is 0 Å². The van der Waals surface area contributed by atoms with Crippen molar-refractivity contribution in [1.29, 1.82) is 0 Å². The largest absolute Gasteiger partial charge is 0.508 e. The van der Waals surface area contributed by atoms with Gasteiger partial charge in [-0.05, 0) is 72.5 Å². The third-order valence-corrected chi connectivity index (χ3v) is 4.15. The van der Waals surface area contributed by atoms with E-state index in [-0.39, 0.29) is 23.3 Å². The fourth-order valence-electron chi connectivity index (χ4n) is 2.51. The van der Waals surface area contributed by atoms with Crippen LogP contribution in [0.4, 0.5) is 0 Å². The highest BCUT2D eigenvalue weighted by Gasteiger charge is 2.02. The van der Waals surface area contributed by atoms with E-state index in [1.54, 1.807) is 48.5 Å². The summed E-state index contributed by atoms with van der Waals surface area (Å²) in [4.78, 5) is 23.4. The maximum Gasteiger partial charge on any atom is 0.240 e. The van der Waals surface area contributed by atoms with Gasteiger partial charge in [0.2, 0.25) is 11.8 Å². The van der Waals surface area contributed by atoms with Gasteiger partial charge in [-0.2, -0.15) is 10.2 Å². The molecule has 2 aromatic carbocycles. The highest BCUT2D eigenvalue weighted by molar-refractivity contribution is 5.83. The lowest BCUT2D eigenvalue weighted by molar-refractivity contribution is -0.122. The van der Waals surface area contributed by atoms with E-state index in [1.165, 1.54) is 12.4 Å². The van der Waals surface area contributed by atoms with Crippen LogP contribution >= 0.6 is 0 Å². The molecule has 0 aliphatic heterocycles. The topological polar surface area (TPSA) is 123 Å². The number of unbranched alkanes of at least 4 members (excludes halogenated alkanes) is 3. The predicted octanol–water partition coefficient (Wildman–Crippen LogP) is 3.04. The zero-order valence-electron chi connectivity index (χ0n) is 16.6. The van der Waals surface area contributed by atoms with Crippen molar-refractivity contribution >= 4 is 24.2 Å². The zero-order chi connectivity index (χ0) is 21.6. The Kier molecular flexibility index (Phi) is 9.58. The normalized spacial score (nSPS) is 11.1. The Balaban J connectivity index is 1.49. The minimum Gasteiger partial charge on any atom is -0.508 e. The number of phenolic OH excluding ortho intramolecular Hbond substituents is 2. The first-order chi connectivity index (χ1) is 14.5. The van der Waals surface area contributed by atoms with E-state index in [4.69, 9.17) is 0 Å². The van der Waals surface area contributed by atoms with Crippen molar-refractivity contribution in [2.24, 2.45) is 10.2 Å². The molecule has 0 radical (unpaired) electrons. The molecule has 0 aromatic heterocycles. The van der Waals surface area contributed by atoms with Crippen molar-refractivity contribution in [1.82, 2.24) is 10.9 Å². The first-order valence-corrected chi connectivity index (χ1v) is 9.75. The van der Waals surface area contributed by atoms with E-state index in [1.807, 2.05) is 0 Å². The van der Waals surface area contributed by atoms with Crippen LogP contribution in [-0.2, 0) is 9.59 Å². The summed E-state index contributed by atoms with van der Waals surface area (Å²) in [6, 6.07) is 13.0. The first kappa shape index (κ1) is 22.6. The van der Waals surface area contributed by atoms with Gasteiger partial charge in [0.15, 0.2) is 0 Å². The van der Waals surface area contributed by atoms with Gasteiger partial charge in [-0.15, -0.1) is 0 Å². The Morgan fingerprint density at radius 3 is 1.40 bits per heavy atom. The summed E-state index contributed by atoms with van der Waals surface area (Å²) in [5.41, 5.74) is 6.49. The molecule has 0 aliphatic rings. The summed E-state index contributed by atoms with van der Waals surface area (Å²) in [7, 11) is 0. The lowest BCUT2D eigenvalue weighted by Gasteiger charge is -2.02. The third-order valence-electron chi connectivity index (χ3n) is 4.15. The van der Waals surface area contributed by atoms with E-state index < -0.39 is 0 Å².